The fraction of sp³-hybridized carbons (Fsp3) is 0.227. The number of hydrogen-bond acceptors (Lipinski definition) is 4. The summed E-state index contributed by atoms with van der Waals surface area (Å²) in [6.07, 6.45) is 0. The van der Waals surface area contributed by atoms with Gasteiger partial charge in [-0.1, -0.05) is 36.4 Å². The Morgan fingerprint density at radius 3 is 2.55 bits per heavy atom. The molecule has 3 aromatic rings. The van der Waals surface area contributed by atoms with Crippen molar-refractivity contribution in [2.24, 2.45) is 5.41 Å². The average Bonchev–Trinajstić information content (AvgIpc) is 2.78. The highest BCUT2D eigenvalue weighted by atomic mass is 32.2. The third kappa shape index (κ3) is 3.42. The number of rotatable bonds is 3. The molecule has 1 aliphatic heterocycles. The lowest BCUT2D eigenvalue weighted by molar-refractivity contribution is -0.127. The van der Waals surface area contributed by atoms with Crippen LogP contribution in [-0.2, 0) is 14.8 Å². The number of carbonyl (C=O) groups excluding carboxylic acids is 1. The molecule has 0 aliphatic carbocycles. The van der Waals surface area contributed by atoms with Gasteiger partial charge >= 0.3 is 0 Å². The summed E-state index contributed by atoms with van der Waals surface area (Å²) >= 11 is 0. The molecule has 0 bridgehead atoms. The molecule has 7 heteroatoms. The average molecular weight is 410 g/mol. The predicted octanol–water partition coefficient (Wildman–Crippen LogP) is 4.02. The second kappa shape index (κ2) is 6.77. The van der Waals surface area contributed by atoms with Crippen molar-refractivity contribution in [1.29, 1.82) is 0 Å². The highest BCUT2D eigenvalue weighted by Crippen LogP contribution is 2.38. The number of nitrogens with one attached hydrogen (secondary N) is 1. The number of carbonyl (C=O) groups is 1. The molecule has 3 aromatic carbocycles. The molecular weight excluding hydrogens is 388 g/mol. The predicted molar refractivity (Wildman–Crippen MR) is 114 cm³/mol. The lowest BCUT2D eigenvalue weighted by Gasteiger charge is -2.24. The Bertz CT molecular complexity index is 1210. The number of nitrogens with zero attached hydrogens (tertiary/aromatic N) is 1. The van der Waals surface area contributed by atoms with Crippen molar-refractivity contribution in [1.82, 2.24) is 0 Å². The van der Waals surface area contributed by atoms with Gasteiger partial charge in [-0.3, -0.25) is 9.52 Å². The molecule has 0 saturated heterocycles. The van der Waals surface area contributed by atoms with Crippen LogP contribution in [-0.4, -0.2) is 28.0 Å². The van der Waals surface area contributed by atoms with E-state index in [1.165, 1.54) is 4.90 Å². The van der Waals surface area contributed by atoms with Crippen molar-refractivity contribution in [3.63, 3.8) is 0 Å². The van der Waals surface area contributed by atoms with Gasteiger partial charge in [-0.15, -0.1) is 0 Å². The van der Waals surface area contributed by atoms with Gasteiger partial charge in [0.05, 0.1) is 21.7 Å². The van der Waals surface area contributed by atoms with E-state index in [2.05, 4.69) is 4.72 Å². The molecule has 1 N–H and O–H groups in total. The first-order valence-corrected chi connectivity index (χ1v) is 10.7. The van der Waals surface area contributed by atoms with Crippen LogP contribution >= 0.6 is 0 Å². The van der Waals surface area contributed by atoms with Gasteiger partial charge < -0.3 is 9.64 Å². The minimum atomic E-state index is -3.82. The van der Waals surface area contributed by atoms with Crippen molar-refractivity contribution >= 4 is 38.1 Å². The van der Waals surface area contributed by atoms with Crippen LogP contribution in [0.2, 0.25) is 0 Å². The highest BCUT2D eigenvalue weighted by Gasteiger charge is 2.36. The number of hydrogen-bond donors (Lipinski definition) is 1. The molecule has 0 atom stereocenters. The van der Waals surface area contributed by atoms with E-state index in [9.17, 15) is 13.2 Å². The molecule has 150 valence electrons. The zero-order valence-electron chi connectivity index (χ0n) is 16.5. The number of amides is 1. The SMILES string of the molecule is CN1C(=O)C(C)(C)COc2ccc(NS(=O)(=O)c3cccc4ccccc34)cc21. The molecule has 4 rings (SSSR count). The van der Waals surface area contributed by atoms with Crippen molar-refractivity contribution in [3.8, 4) is 5.75 Å². The second-order valence-corrected chi connectivity index (χ2v) is 9.45. The molecule has 1 amide bonds. The normalized spacial score (nSPS) is 16.1. The first-order valence-electron chi connectivity index (χ1n) is 9.25. The minimum Gasteiger partial charge on any atom is -0.490 e. The summed E-state index contributed by atoms with van der Waals surface area (Å²) in [6.45, 7) is 3.90. The maximum Gasteiger partial charge on any atom is 0.262 e. The molecule has 0 saturated carbocycles. The Balaban J connectivity index is 1.72. The van der Waals surface area contributed by atoms with Gasteiger partial charge in [-0.25, -0.2) is 8.42 Å². The van der Waals surface area contributed by atoms with E-state index in [1.807, 2.05) is 38.1 Å². The van der Waals surface area contributed by atoms with Crippen molar-refractivity contribution in [2.45, 2.75) is 18.7 Å². The van der Waals surface area contributed by atoms with E-state index in [-0.39, 0.29) is 17.4 Å². The molecule has 0 fully saturated rings. The Hall–Kier alpha value is -3.06. The van der Waals surface area contributed by atoms with Crippen LogP contribution in [0.25, 0.3) is 10.8 Å². The highest BCUT2D eigenvalue weighted by molar-refractivity contribution is 7.93. The largest absolute Gasteiger partial charge is 0.490 e. The standard InChI is InChI=1S/C22H22N2O4S/c1-22(2)14-28-19-12-11-16(13-18(19)24(3)21(22)25)23-29(26,27)20-10-6-8-15-7-4-5-9-17(15)20/h4-13,23H,14H2,1-3H3. The molecule has 1 aliphatic rings. The van der Waals surface area contributed by atoms with Gasteiger partial charge in [-0.2, -0.15) is 0 Å². The summed E-state index contributed by atoms with van der Waals surface area (Å²) in [5.74, 6) is 0.449. The monoisotopic (exact) mass is 410 g/mol. The molecule has 1 heterocycles. The van der Waals surface area contributed by atoms with Gasteiger partial charge in [0.25, 0.3) is 10.0 Å². The third-order valence-corrected chi connectivity index (χ3v) is 6.52. The van der Waals surface area contributed by atoms with Crippen LogP contribution in [0, 0.1) is 5.41 Å². The van der Waals surface area contributed by atoms with Crippen molar-refractivity contribution in [2.75, 3.05) is 23.3 Å². The Morgan fingerprint density at radius 1 is 1.03 bits per heavy atom. The minimum absolute atomic E-state index is 0.0923. The lowest BCUT2D eigenvalue weighted by atomic mass is 9.93. The fourth-order valence-corrected chi connectivity index (χ4v) is 4.77. The van der Waals surface area contributed by atoms with Gasteiger partial charge in [0.1, 0.15) is 12.4 Å². The smallest absolute Gasteiger partial charge is 0.262 e. The van der Waals surface area contributed by atoms with Crippen molar-refractivity contribution in [3.05, 3.63) is 60.7 Å². The molecule has 0 radical (unpaired) electrons. The van der Waals surface area contributed by atoms with E-state index in [1.54, 1.807) is 43.4 Å². The Kier molecular flexibility index (Phi) is 4.50. The number of sulfonamides is 1. The van der Waals surface area contributed by atoms with Gasteiger partial charge in [0.2, 0.25) is 5.91 Å². The number of fused-ring (bicyclic) bond motifs is 2. The summed E-state index contributed by atoms with van der Waals surface area (Å²) in [4.78, 5) is 14.4. The maximum atomic E-state index is 13.1. The van der Waals surface area contributed by atoms with Crippen LogP contribution in [0.15, 0.2) is 65.6 Å². The van der Waals surface area contributed by atoms with E-state index < -0.39 is 15.4 Å². The quantitative estimate of drug-likeness (QED) is 0.708. The van der Waals surface area contributed by atoms with Gasteiger partial charge in [0.15, 0.2) is 0 Å². The summed E-state index contributed by atoms with van der Waals surface area (Å²) < 4.78 is 34.6. The topological polar surface area (TPSA) is 75.7 Å². The van der Waals surface area contributed by atoms with Crippen LogP contribution < -0.4 is 14.4 Å². The number of ether oxygens (including phenoxy) is 1. The molecular formula is C22H22N2O4S. The number of anilines is 2. The summed E-state index contributed by atoms with van der Waals surface area (Å²) in [7, 11) is -2.16. The summed E-state index contributed by atoms with van der Waals surface area (Å²) in [6, 6.07) is 17.4. The molecule has 29 heavy (non-hydrogen) atoms. The number of benzene rings is 3. The summed E-state index contributed by atoms with van der Waals surface area (Å²) in [5, 5.41) is 1.49. The Morgan fingerprint density at radius 2 is 1.76 bits per heavy atom. The van der Waals surface area contributed by atoms with Crippen molar-refractivity contribution < 1.29 is 17.9 Å². The van der Waals surface area contributed by atoms with Crippen LogP contribution in [0.1, 0.15) is 13.8 Å². The van der Waals surface area contributed by atoms with Crippen LogP contribution in [0.3, 0.4) is 0 Å². The van der Waals surface area contributed by atoms with Crippen LogP contribution in [0.4, 0.5) is 11.4 Å². The zero-order valence-corrected chi connectivity index (χ0v) is 17.3. The van der Waals surface area contributed by atoms with Gasteiger partial charge in [-0.05, 0) is 43.5 Å². The van der Waals surface area contributed by atoms with E-state index >= 15 is 0 Å². The van der Waals surface area contributed by atoms with E-state index in [4.69, 9.17) is 4.74 Å². The first-order chi connectivity index (χ1) is 13.7. The summed E-state index contributed by atoms with van der Waals surface area (Å²) in [5.41, 5.74) is 0.217. The Labute approximate surface area is 170 Å². The molecule has 0 aromatic heterocycles. The molecule has 6 nitrogen and oxygen atoms in total. The van der Waals surface area contributed by atoms with E-state index in [0.29, 0.717) is 22.5 Å². The first kappa shape index (κ1) is 19.3. The zero-order chi connectivity index (χ0) is 20.8. The lowest BCUT2D eigenvalue weighted by Crippen LogP contribution is -2.39. The molecule has 0 spiro atoms. The van der Waals surface area contributed by atoms with Gasteiger partial charge in [0, 0.05) is 12.4 Å². The second-order valence-electron chi connectivity index (χ2n) is 7.80. The van der Waals surface area contributed by atoms with Crippen LogP contribution in [0.5, 0.6) is 5.75 Å². The third-order valence-electron chi connectivity index (χ3n) is 5.08. The van der Waals surface area contributed by atoms with E-state index in [0.717, 1.165) is 5.39 Å². The fourth-order valence-electron chi connectivity index (χ4n) is 3.49. The molecule has 0 unspecified atom stereocenters. The maximum absolute atomic E-state index is 13.1.